The van der Waals surface area contributed by atoms with Crippen molar-refractivity contribution in [3.05, 3.63) is 194 Å². The zero-order valence-electron chi connectivity index (χ0n) is 31.7. The number of furan rings is 1. The molecule has 13 aromatic rings. The van der Waals surface area contributed by atoms with E-state index in [9.17, 15) is 0 Å². The van der Waals surface area contributed by atoms with Crippen LogP contribution in [0.2, 0.25) is 0 Å². The number of para-hydroxylation sites is 4. The smallest absolute Gasteiger partial charge is 0.235 e. The molecule has 0 spiro atoms. The van der Waals surface area contributed by atoms with Crippen LogP contribution in [0.5, 0.6) is 0 Å². The summed E-state index contributed by atoms with van der Waals surface area (Å²) in [5.41, 5.74) is 12.5. The maximum Gasteiger partial charge on any atom is 0.235 e. The van der Waals surface area contributed by atoms with E-state index in [4.69, 9.17) is 14.4 Å². The molecule has 5 heteroatoms. The van der Waals surface area contributed by atoms with E-state index in [1.165, 1.54) is 27.4 Å². The molecule has 0 bridgehead atoms. The van der Waals surface area contributed by atoms with Gasteiger partial charge in [0, 0.05) is 54.3 Å². The molecule has 0 aliphatic rings. The fourth-order valence-electron chi connectivity index (χ4n) is 9.41. The van der Waals surface area contributed by atoms with Crippen molar-refractivity contribution in [2.75, 3.05) is 0 Å². The van der Waals surface area contributed by atoms with Crippen LogP contribution >= 0.6 is 0 Å². The van der Waals surface area contributed by atoms with Gasteiger partial charge in [0.05, 0.1) is 33.3 Å². The van der Waals surface area contributed by atoms with E-state index in [0.29, 0.717) is 5.95 Å². The fourth-order valence-corrected chi connectivity index (χ4v) is 9.41. The fraction of sp³-hybridized carbons (Fsp3) is 0. The predicted molar refractivity (Wildman–Crippen MR) is 244 cm³/mol. The van der Waals surface area contributed by atoms with Crippen LogP contribution < -0.4 is 0 Å². The highest BCUT2D eigenvalue weighted by molar-refractivity contribution is 6.16. The number of fused-ring (bicyclic) bond motifs is 12. The molecule has 274 valence electrons. The predicted octanol–water partition coefficient (Wildman–Crippen LogP) is 14.2. The van der Waals surface area contributed by atoms with Gasteiger partial charge in [0.2, 0.25) is 5.95 Å². The maximum absolute atomic E-state index is 6.62. The molecule has 13 rings (SSSR count). The summed E-state index contributed by atoms with van der Waals surface area (Å²) in [7, 11) is 0. The van der Waals surface area contributed by atoms with E-state index in [0.717, 1.165) is 87.9 Å². The van der Waals surface area contributed by atoms with Crippen molar-refractivity contribution in [1.29, 1.82) is 0 Å². The van der Waals surface area contributed by atoms with Crippen LogP contribution in [0.1, 0.15) is 0 Å². The van der Waals surface area contributed by atoms with Gasteiger partial charge in [-0.2, -0.15) is 0 Å². The van der Waals surface area contributed by atoms with Crippen molar-refractivity contribution in [2.24, 2.45) is 0 Å². The van der Waals surface area contributed by atoms with Gasteiger partial charge in [-0.3, -0.25) is 4.57 Å². The van der Waals surface area contributed by atoms with Crippen LogP contribution in [0.25, 0.3) is 121 Å². The van der Waals surface area contributed by atoms with Crippen molar-refractivity contribution >= 4 is 87.2 Å². The lowest BCUT2D eigenvalue weighted by Gasteiger charge is -2.12. The van der Waals surface area contributed by atoms with Crippen molar-refractivity contribution in [3.63, 3.8) is 0 Å². The Labute approximate surface area is 337 Å². The van der Waals surface area contributed by atoms with Crippen LogP contribution in [-0.4, -0.2) is 19.1 Å². The Hall–Kier alpha value is -8.02. The van der Waals surface area contributed by atoms with E-state index in [1.807, 2.05) is 6.07 Å². The average molecular weight is 753 g/mol. The largest absolute Gasteiger partial charge is 0.455 e. The third kappa shape index (κ3) is 4.73. The quantitative estimate of drug-likeness (QED) is 0.180. The van der Waals surface area contributed by atoms with Gasteiger partial charge in [-0.15, -0.1) is 0 Å². The number of hydrogen-bond donors (Lipinski definition) is 0. The summed E-state index contributed by atoms with van der Waals surface area (Å²) < 4.78 is 11.2. The van der Waals surface area contributed by atoms with Gasteiger partial charge in [0.25, 0.3) is 0 Å². The minimum Gasteiger partial charge on any atom is -0.455 e. The lowest BCUT2D eigenvalue weighted by atomic mass is 10.0. The molecular weight excluding hydrogens is 721 g/mol. The lowest BCUT2D eigenvalue weighted by molar-refractivity contribution is 0.673. The third-order valence-electron chi connectivity index (χ3n) is 12.1. The molecule has 0 unspecified atom stereocenters. The maximum atomic E-state index is 6.62. The Morgan fingerprint density at radius 3 is 1.69 bits per heavy atom. The second kappa shape index (κ2) is 12.2. The third-order valence-corrected chi connectivity index (χ3v) is 12.1. The summed E-state index contributed by atoms with van der Waals surface area (Å²) in [5, 5.41) is 10.2. The molecule has 0 N–H and O–H groups in total. The second-order valence-electron chi connectivity index (χ2n) is 15.4. The Bertz CT molecular complexity index is 3850. The van der Waals surface area contributed by atoms with Gasteiger partial charge < -0.3 is 8.98 Å². The van der Waals surface area contributed by atoms with Crippen LogP contribution in [0.15, 0.2) is 199 Å². The summed E-state index contributed by atoms with van der Waals surface area (Å²) in [6.07, 6.45) is 0. The summed E-state index contributed by atoms with van der Waals surface area (Å²) in [5.74, 6) is 0.628. The van der Waals surface area contributed by atoms with Crippen molar-refractivity contribution in [1.82, 2.24) is 19.1 Å². The molecule has 0 saturated carbocycles. The first-order valence-corrected chi connectivity index (χ1v) is 20.0. The zero-order valence-corrected chi connectivity index (χ0v) is 31.7. The molecule has 0 saturated heterocycles. The number of aromatic nitrogens is 4. The monoisotopic (exact) mass is 752 g/mol. The van der Waals surface area contributed by atoms with Crippen molar-refractivity contribution in [3.8, 4) is 34.0 Å². The minimum atomic E-state index is 0.628. The van der Waals surface area contributed by atoms with Gasteiger partial charge in [0.1, 0.15) is 11.2 Å². The molecule has 59 heavy (non-hydrogen) atoms. The van der Waals surface area contributed by atoms with Crippen LogP contribution in [0.4, 0.5) is 0 Å². The first-order chi connectivity index (χ1) is 29.2. The Morgan fingerprint density at radius 1 is 0.356 bits per heavy atom. The SMILES string of the molecule is c1ccc(-n2c3ccccc3c3cc(-c4ccc5c(c4)c4ccccc4n5-c4nc(-c5ccc6c(c5)oc5c7ccccc7ccc65)c5ccccc5n4)ccc32)cc1. The molecule has 0 aliphatic carbocycles. The van der Waals surface area contributed by atoms with Crippen molar-refractivity contribution in [2.45, 2.75) is 0 Å². The van der Waals surface area contributed by atoms with Crippen LogP contribution in [0, 0.1) is 0 Å². The molecule has 4 aromatic heterocycles. The molecule has 0 aliphatic heterocycles. The van der Waals surface area contributed by atoms with Crippen molar-refractivity contribution < 1.29 is 4.42 Å². The molecule has 5 nitrogen and oxygen atoms in total. The normalized spacial score (nSPS) is 12.1. The van der Waals surface area contributed by atoms with Crippen LogP contribution in [0.3, 0.4) is 0 Å². The minimum absolute atomic E-state index is 0.628. The van der Waals surface area contributed by atoms with E-state index >= 15 is 0 Å². The molecule has 0 atom stereocenters. The van der Waals surface area contributed by atoms with Gasteiger partial charge in [-0.1, -0.05) is 121 Å². The first-order valence-electron chi connectivity index (χ1n) is 20.0. The van der Waals surface area contributed by atoms with E-state index in [-0.39, 0.29) is 0 Å². The molecular formula is C54H32N4O. The van der Waals surface area contributed by atoms with Gasteiger partial charge in [0.15, 0.2) is 0 Å². The molecule has 9 aromatic carbocycles. The summed E-state index contributed by atoms with van der Waals surface area (Å²) in [6.45, 7) is 0. The molecule has 0 radical (unpaired) electrons. The average Bonchev–Trinajstić information content (AvgIpc) is 3.96. The Kier molecular flexibility index (Phi) is 6.66. The highest BCUT2D eigenvalue weighted by Gasteiger charge is 2.20. The van der Waals surface area contributed by atoms with E-state index < -0.39 is 0 Å². The summed E-state index contributed by atoms with van der Waals surface area (Å²) in [6, 6.07) is 69.0. The second-order valence-corrected chi connectivity index (χ2v) is 15.4. The first kappa shape index (κ1) is 32.1. The lowest BCUT2D eigenvalue weighted by Crippen LogP contribution is -2.03. The zero-order chi connectivity index (χ0) is 38.6. The topological polar surface area (TPSA) is 48.8 Å². The van der Waals surface area contributed by atoms with E-state index in [2.05, 4.69) is 197 Å². The Balaban J connectivity index is 0.985. The van der Waals surface area contributed by atoms with Gasteiger partial charge in [-0.25, -0.2) is 9.97 Å². The summed E-state index contributed by atoms with van der Waals surface area (Å²) >= 11 is 0. The highest BCUT2D eigenvalue weighted by Crippen LogP contribution is 2.40. The number of hydrogen-bond acceptors (Lipinski definition) is 3. The van der Waals surface area contributed by atoms with E-state index in [1.54, 1.807) is 0 Å². The Morgan fingerprint density at radius 2 is 0.932 bits per heavy atom. The van der Waals surface area contributed by atoms with Crippen LogP contribution in [-0.2, 0) is 0 Å². The molecule has 4 heterocycles. The standard InChI is InChI=1S/C54H32N4O/c1-2-13-37(14-3-1)57-47-20-10-7-16-39(47)44-30-34(24-28-49(44)57)35-25-29-50-45(31-35)40-17-8-11-21-48(40)58(50)54-55-46-19-9-6-18-43(46)52(56-54)36-23-26-41-42-27-22-33-12-4-5-15-38(33)53(42)59-51(41)32-36/h1-32H. The number of rotatable bonds is 4. The van der Waals surface area contributed by atoms with Gasteiger partial charge >= 0.3 is 0 Å². The molecule has 0 amide bonds. The van der Waals surface area contributed by atoms with Gasteiger partial charge in [-0.05, 0) is 89.3 Å². The summed E-state index contributed by atoms with van der Waals surface area (Å²) in [4.78, 5) is 10.6. The molecule has 0 fully saturated rings. The number of nitrogens with zero attached hydrogens (tertiary/aromatic N) is 4. The number of benzene rings is 9. The highest BCUT2D eigenvalue weighted by atomic mass is 16.3.